The number of carbonyl (C=O) groups is 1. The molecule has 0 heterocycles. The van der Waals surface area contributed by atoms with Crippen molar-refractivity contribution < 1.29 is 4.79 Å². The molecular weight excluding hydrogens is 250 g/mol. The van der Waals surface area contributed by atoms with Gasteiger partial charge in [0.25, 0.3) is 0 Å². The van der Waals surface area contributed by atoms with Crippen molar-refractivity contribution in [3.63, 3.8) is 0 Å². The van der Waals surface area contributed by atoms with Gasteiger partial charge in [-0.05, 0) is 23.8 Å². The molecule has 0 aliphatic heterocycles. The molecule has 4 nitrogen and oxygen atoms in total. The SMILES string of the molecule is CNC(=O)C(C)CN(C)c1ccc(Cl)cc1CN. The van der Waals surface area contributed by atoms with Gasteiger partial charge in [0, 0.05) is 37.9 Å². The standard InChI is InChI=1S/C13H20ClN3O/c1-9(13(18)16-2)8-17(3)12-5-4-11(14)6-10(12)7-15/h4-6,9H,7-8,15H2,1-3H3,(H,16,18). The normalized spacial score (nSPS) is 12.1. The number of hydrogen-bond donors (Lipinski definition) is 2. The Morgan fingerprint density at radius 2 is 2.22 bits per heavy atom. The van der Waals surface area contributed by atoms with Gasteiger partial charge >= 0.3 is 0 Å². The Labute approximate surface area is 113 Å². The van der Waals surface area contributed by atoms with Crippen molar-refractivity contribution >= 4 is 23.2 Å². The molecule has 3 N–H and O–H groups in total. The lowest BCUT2D eigenvalue weighted by Crippen LogP contribution is -2.34. The van der Waals surface area contributed by atoms with Crippen LogP contribution in [-0.2, 0) is 11.3 Å². The van der Waals surface area contributed by atoms with Crippen molar-refractivity contribution in [3.05, 3.63) is 28.8 Å². The van der Waals surface area contributed by atoms with Crippen LogP contribution in [0.1, 0.15) is 12.5 Å². The molecule has 0 bridgehead atoms. The number of benzene rings is 1. The highest BCUT2D eigenvalue weighted by atomic mass is 35.5. The fraction of sp³-hybridized carbons (Fsp3) is 0.462. The number of anilines is 1. The van der Waals surface area contributed by atoms with Gasteiger partial charge in [0.2, 0.25) is 5.91 Å². The van der Waals surface area contributed by atoms with Gasteiger partial charge in [-0.15, -0.1) is 0 Å². The number of rotatable bonds is 5. The Kier molecular flexibility index (Phi) is 5.44. The Bertz CT molecular complexity index is 423. The van der Waals surface area contributed by atoms with Gasteiger partial charge in [0.1, 0.15) is 0 Å². The van der Waals surface area contributed by atoms with Crippen LogP contribution in [0.5, 0.6) is 0 Å². The number of nitrogens with one attached hydrogen (secondary N) is 1. The average Bonchev–Trinajstić information content (AvgIpc) is 2.37. The Morgan fingerprint density at radius 3 is 2.78 bits per heavy atom. The van der Waals surface area contributed by atoms with Crippen LogP contribution >= 0.6 is 11.6 Å². The summed E-state index contributed by atoms with van der Waals surface area (Å²) in [4.78, 5) is 13.5. The zero-order valence-corrected chi connectivity index (χ0v) is 11.8. The third-order valence-electron chi connectivity index (χ3n) is 2.91. The van der Waals surface area contributed by atoms with Gasteiger partial charge in [-0.1, -0.05) is 18.5 Å². The van der Waals surface area contributed by atoms with E-state index in [1.165, 1.54) is 0 Å². The fourth-order valence-electron chi connectivity index (χ4n) is 1.93. The summed E-state index contributed by atoms with van der Waals surface area (Å²) in [5.74, 6) is -0.0496. The van der Waals surface area contributed by atoms with E-state index in [9.17, 15) is 4.79 Å². The molecule has 0 fully saturated rings. The van der Waals surface area contributed by atoms with Crippen LogP contribution in [0, 0.1) is 5.92 Å². The van der Waals surface area contributed by atoms with E-state index in [0.29, 0.717) is 18.1 Å². The number of halogens is 1. The summed E-state index contributed by atoms with van der Waals surface area (Å²) < 4.78 is 0. The zero-order chi connectivity index (χ0) is 13.7. The second kappa shape index (κ2) is 6.61. The van der Waals surface area contributed by atoms with E-state index in [0.717, 1.165) is 11.3 Å². The van der Waals surface area contributed by atoms with Crippen molar-refractivity contribution in [2.24, 2.45) is 11.7 Å². The van der Waals surface area contributed by atoms with Gasteiger partial charge in [-0.2, -0.15) is 0 Å². The quantitative estimate of drug-likeness (QED) is 0.854. The Morgan fingerprint density at radius 1 is 1.56 bits per heavy atom. The monoisotopic (exact) mass is 269 g/mol. The van der Waals surface area contributed by atoms with E-state index in [1.54, 1.807) is 7.05 Å². The Hall–Kier alpha value is -1.26. The smallest absolute Gasteiger partial charge is 0.224 e. The average molecular weight is 270 g/mol. The zero-order valence-electron chi connectivity index (χ0n) is 11.0. The molecule has 0 spiro atoms. The molecule has 0 radical (unpaired) electrons. The third kappa shape index (κ3) is 3.62. The first kappa shape index (κ1) is 14.8. The highest BCUT2D eigenvalue weighted by molar-refractivity contribution is 6.30. The molecular formula is C13H20ClN3O. The second-order valence-electron chi connectivity index (χ2n) is 4.37. The molecule has 100 valence electrons. The summed E-state index contributed by atoms with van der Waals surface area (Å²) in [6, 6.07) is 5.62. The predicted octanol–water partition coefficient (Wildman–Crippen LogP) is 1.62. The molecule has 18 heavy (non-hydrogen) atoms. The van der Waals surface area contributed by atoms with E-state index in [-0.39, 0.29) is 11.8 Å². The van der Waals surface area contributed by atoms with Crippen LogP contribution in [-0.4, -0.2) is 26.5 Å². The van der Waals surface area contributed by atoms with Crippen LogP contribution in [0.4, 0.5) is 5.69 Å². The number of amides is 1. The maximum Gasteiger partial charge on any atom is 0.224 e. The summed E-state index contributed by atoms with van der Waals surface area (Å²) in [5.41, 5.74) is 7.70. The summed E-state index contributed by atoms with van der Waals surface area (Å²) in [7, 11) is 3.59. The second-order valence-corrected chi connectivity index (χ2v) is 4.81. The molecule has 0 saturated carbocycles. The van der Waals surface area contributed by atoms with E-state index in [4.69, 9.17) is 17.3 Å². The lowest BCUT2D eigenvalue weighted by molar-refractivity contribution is -0.123. The van der Waals surface area contributed by atoms with Gasteiger partial charge in [-0.25, -0.2) is 0 Å². The topological polar surface area (TPSA) is 58.4 Å². The lowest BCUT2D eigenvalue weighted by atomic mass is 10.1. The third-order valence-corrected chi connectivity index (χ3v) is 3.15. The maximum absolute atomic E-state index is 11.5. The molecule has 5 heteroatoms. The van der Waals surface area contributed by atoms with Gasteiger partial charge in [-0.3, -0.25) is 4.79 Å². The molecule has 0 saturated heterocycles. The van der Waals surface area contributed by atoms with E-state index in [2.05, 4.69) is 5.32 Å². The minimum Gasteiger partial charge on any atom is -0.374 e. The molecule has 1 amide bonds. The van der Waals surface area contributed by atoms with E-state index < -0.39 is 0 Å². The molecule has 1 atom stereocenters. The van der Waals surface area contributed by atoms with Gasteiger partial charge in [0.15, 0.2) is 0 Å². The van der Waals surface area contributed by atoms with Crippen LogP contribution in [0.3, 0.4) is 0 Å². The minimum atomic E-state index is -0.0821. The molecule has 1 aromatic carbocycles. The van der Waals surface area contributed by atoms with Crippen LogP contribution in [0.15, 0.2) is 18.2 Å². The number of nitrogens with two attached hydrogens (primary N) is 1. The Balaban J connectivity index is 2.83. The van der Waals surface area contributed by atoms with Crippen molar-refractivity contribution in [3.8, 4) is 0 Å². The van der Waals surface area contributed by atoms with E-state index in [1.807, 2.05) is 37.1 Å². The first-order valence-electron chi connectivity index (χ1n) is 5.90. The molecule has 1 aromatic rings. The summed E-state index contributed by atoms with van der Waals surface area (Å²) in [6.45, 7) is 2.95. The summed E-state index contributed by atoms with van der Waals surface area (Å²) in [5, 5.41) is 3.32. The molecule has 1 rings (SSSR count). The van der Waals surface area contributed by atoms with Gasteiger partial charge in [0.05, 0.1) is 5.92 Å². The minimum absolute atomic E-state index is 0.0325. The highest BCUT2D eigenvalue weighted by Gasteiger charge is 2.15. The number of carbonyl (C=O) groups excluding carboxylic acids is 1. The molecule has 0 aliphatic carbocycles. The van der Waals surface area contributed by atoms with Crippen molar-refractivity contribution in [2.45, 2.75) is 13.5 Å². The molecule has 0 aromatic heterocycles. The predicted molar refractivity (Wildman–Crippen MR) is 75.8 cm³/mol. The first-order valence-corrected chi connectivity index (χ1v) is 6.28. The summed E-state index contributed by atoms with van der Waals surface area (Å²) in [6.07, 6.45) is 0. The largest absolute Gasteiger partial charge is 0.374 e. The molecule has 1 unspecified atom stereocenters. The van der Waals surface area contributed by atoms with Crippen molar-refractivity contribution in [1.82, 2.24) is 5.32 Å². The van der Waals surface area contributed by atoms with Gasteiger partial charge < -0.3 is 16.0 Å². The van der Waals surface area contributed by atoms with E-state index >= 15 is 0 Å². The van der Waals surface area contributed by atoms with Crippen LogP contribution in [0.2, 0.25) is 5.02 Å². The first-order chi connectivity index (χ1) is 8.49. The van der Waals surface area contributed by atoms with Crippen molar-refractivity contribution in [1.29, 1.82) is 0 Å². The van der Waals surface area contributed by atoms with Crippen LogP contribution in [0.25, 0.3) is 0 Å². The highest BCUT2D eigenvalue weighted by Crippen LogP contribution is 2.23. The lowest BCUT2D eigenvalue weighted by Gasteiger charge is -2.25. The fourth-order valence-corrected chi connectivity index (χ4v) is 2.12. The van der Waals surface area contributed by atoms with Crippen molar-refractivity contribution in [2.75, 3.05) is 25.5 Å². The number of nitrogens with zero attached hydrogens (tertiary/aromatic N) is 1. The summed E-state index contributed by atoms with van der Waals surface area (Å²) >= 11 is 5.94. The van der Waals surface area contributed by atoms with Crippen LogP contribution < -0.4 is 16.0 Å². The number of hydrogen-bond acceptors (Lipinski definition) is 3. The molecule has 0 aliphatic rings. The maximum atomic E-state index is 11.5.